The maximum Gasteiger partial charge on any atom is 0.280 e. The van der Waals surface area contributed by atoms with E-state index in [1.54, 1.807) is 20.8 Å². The molecule has 3 N–H and O–H groups in total. The number of nitrogens with two attached hydrogens (primary N) is 1. The van der Waals surface area contributed by atoms with E-state index in [0.29, 0.717) is 26.3 Å². The Balaban J connectivity index is 2.71. The van der Waals surface area contributed by atoms with Crippen LogP contribution in [-0.4, -0.2) is 50.6 Å². The van der Waals surface area contributed by atoms with Gasteiger partial charge in [-0.1, -0.05) is 0 Å². The molecule has 0 bridgehead atoms. The van der Waals surface area contributed by atoms with Crippen LogP contribution in [0.3, 0.4) is 0 Å². The van der Waals surface area contributed by atoms with Gasteiger partial charge in [-0.25, -0.2) is 0 Å². The normalized spacial score (nSPS) is 22.0. The SMILES string of the molecule is CC(N)C(C)(C)NS(=O)(=O)N1CCOCC1. The van der Waals surface area contributed by atoms with E-state index in [4.69, 9.17) is 10.5 Å². The fourth-order valence-corrected chi connectivity index (χ4v) is 2.89. The van der Waals surface area contributed by atoms with Gasteiger partial charge in [0.25, 0.3) is 10.2 Å². The number of hydrogen-bond donors (Lipinski definition) is 2. The first-order valence-corrected chi connectivity index (χ1v) is 6.82. The molecule has 1 unspecified atom stereocenters. The summed E-state index contributed by atoms with van der Waals surface area (Å²) in [6.45, 7) is 7.00. The molecule has 0 spiro atoms. The molecule has 1 rings (SSSR count). The summed E-state index contributed by atoms with van der Waals surface area (Å²) in [6.07, 6.45) is 0. The summed E-state index contributed by atoms with van der Waals surface area (Å²) >= 11 is 0. The minimum Gasteiger partial charge on any atom is -0.379 e. The van der Waals surface area contributed by atoms with Crippen molar-refractivity contribution in [1.29, 1.82) is 0 Å². The molecule has 0 radical (unpaired) electrons. The van der Waals surface area contributed by atoms with Crippen LogP contribution in [0, 0.1) is 0 Å². The van der Waals surface area contributed by atoms with Crippen molar-refractivity contribution in [3.63, 3.8) is 0 Å². The van der Waals surface area contributed by atoms with Crippen molar-refractivity contribution in [2.45, 2.75) is 32.4 Å². The molecule has 0 aliphatic carbocycles. The van der Waals surface area contributed by atoms with E-state index in [9.17, 15) is 8.42 Å². The van der Waals surface area contributed by atoms with Crippen LogP contribution in [0.5, 0.6) is 0 Å². The molecule has 1 aliphatic rings. The van der Waals surface area contributed by atoms with Crippen LogP contribution in [0.1, 0.15) is 20.8 Å². The van der Waals surface area contributed by atoms with Gasteiger partial charge >= 0.3 is 0 Å². The van der Waals surface area contributed by atoms with Crippen molar-refractivity contribution in [2.75, 3.05) is 26.3 Å². The van der Waals surface area contributed by atoms with E-state index in [1.807, 2.05) is 0 Å². The Kier molecular flexibility index (Phi) is 4.30. The maximum atomic E-state index is 12.0. The molecule has 1 atom stereocenters. The summed E-state index contributed by atoms with van der Waals surface area (Å²) in [4.78, 5) is 0. The monoisotopic (exact) mass is 251 g/mol. The second-order valence-corrected chi connectivity index (χ2v) is 6.30. The molecular weight excluding hydrogens is 230 g/mol. The van der Waals surface area contributed by atoms with Gasteiger partial charge < -0.3 is 10.5 Å². The Hall–Kier alpha value is -0.210. The summed E-state index contributed by atoms with van der Waals surface area (Å²) in [7, 11) is -3.46. The lowest BCUT2D eigenvalue weighted by atomic mass is 9.99. The molecule has 16 heavy (non-hydrogen) atoms. The van der Waals surface area contributed by atoms with Crippen LogP contribution in [0.2, 0.25) is 0 Å². The van der Waals surface area contributed by atoms with Crippen LogP contribution in [-0.2, 0) is 14.9 Å². The topological polar surface area (TPSA) is 84.7 Å². The van der Waals surface area contributed by atoms with Gasteiger partial charge in [-0.15, -0.1) is 0 Å². The molecule has 0 aromatic heterocycles. The van der Waals surface area contributed by atoms with Crippen LogP contribution in [0.15, 0.2) is 0 Å². The number of nitrogens with one attached hydrogen (secondary N) is 1. The highest BCUT2D eigenvalue weighted by atomic mass is 32.2. The molecule has 0 amide bonds. The van der Waals surface area contributed by atoms with Gasteiger partial charge in [-0.3, -0.25) is 0 Å². The van der Waals surface area contributed by atoms with Gasteiger partial charge in [-0.05, 0) is 20.8 Å². The molecule has 1 saturated heterocycles. The summed E-state index contributed by atoms with van der Waals surface area (Å²) in [5.74, 6) is 0. The molecule has 1 aliphatic heterocycles. The molecule has 0 saturated carbocycles. The molecule has 0 aromatic rings. The zero-order valence-electron chi connectivity index (χ0n) is 10.1. The first-order chi connectivity index (χ1) is 7.26. The molecule has 1 heterocycles. The van der Waals surface area contributed by atoms with Crippen LogP contribution in [0.4, 0.5) is 0 Å². The Morgan fingerprint density at radius 3 is 2.31 bits per heavy atom. The Morgan fingerprint density at radius 1 is 1.38 bits per heavy atom. The highest BCUT2D eigenvalue weighted by Crippen LogP contribution is 2.12. The smallest absolute Gasteiger partial charge is 0.280 e. The fourth-order valence-electron chi connectivity index (χ4n) is 1.28. The van der Waals surface area contributed by atoms with Crippen molar-refractivity contribution < 1.29 is 13.2 Å². The maximum absolute atomic E-state index is 12.0. The lowest BCUT2D eigenvalue weighted by Gasteiger charge is -2.34. The number of rotatable bonds is 4. The number of ether oxygens (including phenoxy) is 1. The Morgan fingerprint density at radius 2 is 1.88 bits per heavy atom. The highest BCUT2D eigenvalue weighted by Gasteiger charge is 2.32. The summed E-state index contributed by atoms with van der Waals surface area (Å²) in [5.41, 5.74) is 5.08. The lowest BCUT2D eigenvalue weighted by molar-refractivity contribution is 0.0719. The van der Waals surface area contributed by atoms with Gasteiger partial charge in [0, 0.05) is 24.7 Å². The predicted octanol–water partition coefficient (Wildman–Crippen LogP) is -0.721. The van der Waals surface area contributed by atoms with E-state index >= 15 is 0 Å². The van der Waals surface area contributed by atoms with E-state index in [2.05, 4.69) is 4.72 Å². The lowest BCUT2D eigenvalue weighted by Crippen LogP contribution is -2.59. The van der Waals surface area contributed by atoms with Crippen molar-refractivity contribution in [3.05, 3.63) is 0 Å². The second kappa shape index (κ2) is 4.97. The quantitative estimate of drug-likeness (QED) is 0.690. The molecular formula is C9H21N3O3S. The minimum absolute atomic E-state index is 0.261. The van der Waals surface area contributed by atoms with Crippen molar-refractivity contribution in [3.8, 4) is 0 Å². The summed E-state index contributed by atoms with van der Waals surface area (Å²) < 4.78 is 33.1. The zero-order chi connectivity index (χ0) is 12.4. The van der Waals surface area contributed by atoms with Gasteiger partial charge in [0.15, 0.2) is 0 Å². The average Bonchev–Trinajstić information content (AvgIpc) is 2.17. The van der Waals surface area contributed by atoms with E-state index in [-0.39, 0.29) is 6.04 Å². The van der Waals surface area contributed by atoms with E-state index in [0.717, 1.165) is 0 Å². The number of hydrogen-bond acceptors (Lipinski definition) is 4. The van der Waals surface area contributed by atoms with Crippen molar-refractivity contribution >= 4 is 10.2 Å². The number of nitrogens with zero attached hydrogens (tertiary/aromatic N) is 1. The fraction of sp³-hybridized carbons (Fsp3) is 1.00. The van der Waals surface area contributed by atoms with Gasteiger partial charge in [0.1, 0.15) is 0 Å². The molecule has 96 valence electrons. The van der Waals surface area contributed by atoms with E-state index < -0.39 is 15.7 Å². The average molecular weight is 251 g/mol. The second-order valence-electron chi connectivity index (χ2n) is 4.63. The first-order valence-electron chi connectivity index (χ1n) is 5.38. The number of morpholine rings is 1. The third kappa shape index (κ3) is 3.39. The van der Waals surface area contributed by atoms with Crippen molar-refractivity contribution in [1.82, 2.24) is 9.03 Å². The van der Waals surface area contributed by atoms with Gasteiger partial charge in [-0.2, -0.15) is 17.4 Å². The molecule has 7 heteroatoms. The zero-order valence-corrected chi connectivity index (χ0v) is 10.9. The Labute approximate surface area is 97.3 Å². The largest absolute Gasteiger partial charge is 0.379 e. The Bertz CT molecular complexity index is 321. The summed E-state index contributed by atoms with van der Waals surface area (Å²) in [6, 6.07) is -0.261. The standard InChI is InChI=1S/C9H21N3O3S/c1-8(10)9(2,3)11-16(13,14)12-4-6-15-7-5-12/h8,11H,4-7,10H2,1-3H3. The third-order valence-electron chi connectivity index (χ3n) is 2.84. The van der Waals surface area contributed by atoms with E-state index in [1.165, 1.54) is 4.31 Å². The molecule has 0 aromatic carbocycles. The first kappa shape index (κ1) is 13.9. The molecule has 6 nitrogen and oxygen atoms in total. The molecule has 1 fully saturated rings. The van der Waals surface area contributed by atoms with Crippen LogP contribution >= 0.6 is 0 Å². The van der Waals surface area contributed by atoms with Crippen LogP contribution in [0.25, 0.3) is 0 Å². The van der Waals surface area contributed by atoms with Crippen molar-refractivity contribution in [2.24, 2.45) is 5.73 Å². The third-order valence-corrected chi connectivity index (χ3v) is 4.67. The van der Waals surface area contributed by atoms with Gasteiger partial charge in [0.05, 0.1) is 13.2 Å². The van der Waals surface area contributed by atoms with Gasteiger partial charge in [0.2, 0.25) is 0 Å². The highest BCUT2D eigenvalue weighted by molar-refractivity contribution is 7.87. The summed E-state index contributed by atoms with van der Waals surface area (Å²) in [5, 5.41) is 0. The van der Waals surface area contributed by atoms with Crippen LogP contribution < -0.4 is 10.5 Å². The minimum atomic E-state index is -3.46. The predicted molar refractivity (Wildman–Crippen MR) is 62.2 cm³/mol.